The minimum Gasteiger partial charge on any atom is -0.383 e. The molecule has 2 N–H and O–H groups in total. The zero-order chi connectivity index (χ0) is 15.0. The molecule has 0 aliphatic carbocycles. The van der Waals surface area contributed by atoms with Gasteiger partial charge in [0, 0.05) is 17.1 Å². The van der Waals surface area contributed by atoms with Crippen LogP contribution >= 0.6 is 11.3 Å². The van der Waals surface area contributed by atoms with Gasteiger partial charge in [-0.3, -0.25) is 0 Å². The first kappa shape index (κ1) is 13.8. The van der Waals surface area contributed by atoms with Crippen LogP contribution in [0.4, 0.5) is 5.82 Å². The van der Waals surface area contributed by atoms with Gasteiger partial charge in [0.15, 0.2) is 0 Å². The lowest BCUT2D eigenvalue weighted by Gasteiger charge is -2.07. The second-order valence-corrected chi connectivity index (χ2v) is 6.08. The highest BCUT2D eigenvalue weighted by atomic mass is 32.1. The second kappa shape index (κ2) is 5.30. The normalized spacial score (nSPS) is 10.8. The maximum Gasteiger partial charge on any atom is 0.133 e. The van der Waals surface area contributed by atoms with Crippen molar-refractivity contribution in [2.45, 2.75) is 20.8 Å². The van der Waals surface area contributed by atoms with Crippen molar-refractivity contribution in [2.75, 3.05) is 5.73 Å². The van der Waals surface area contributed by atoms with Gasteiger partial charge in [-0.2, -0.15) is 0 Å². The van der Waals surface area contributed by atoms with Crippen LogP contribution in [-0.2, 0) is 0 Å². The molecule has 3 aromatic rings. The lowest BCUT2D eigenvalue weighted by atomic mass is 9.99. The van der Waals surface area contributed by atoms with Crippen molar-refractivity contribution in [3.63, 3.8) is 0 Å². The number of aromatic nitrogens is 2. The Labute approximate surface area is 128 Å². The summed E-state index contributed by atoms with van der Waals surface area (Å²) >= 11 is 1.60. The maximum absolute atomic E-state index is 5.93. The summed E-state index contributed by atoms with van der Waals surface area (Å²) in [4.78, 5) is 8.87. The van der Waals surface area contributed by atoms with Gasteiger partial charge in [0.25, 0.3) is 0 Å². The monoisotopic (exact) mass is 295 g/mol. The fraction of sp³-hybridized carbons (Fsp3) is 0.176. The van der Waals surface area contributed by atoms with Crippen molar-refractivity contribution < 1.29 is 0 Å². The molecule has 106 valence electrons. The molecule has 0 bridgehead atoms. The molecule has 0 saturated heterocycles. The van der Waals surface area contributed by atoms with E-state index in [1.165, 1.54) is 22.3 Å². The van der Waals surface area contributed by atoms with Crippen LogP contribution in [0.2, 0.25) is 0 Å². The highest BCUT2D eigenvalue weighted by Crippen LogP contribution is 2.33. The molecule has 3 rings (SSSR count). The molecule has 0 amide bonds. The quantitative estimate of drug-likeness (QED) is 0.763. The van der Waals surface area contributed by atoms with Crippen molar-refractivity contribution in [1.29, 1.82) is 0 Å². The third kappa shape index (κ3) is 2.54. The Morgan fingerprint density at radius 3 is 2.52 bits per heavy atom. The van der Waals surface area contributed by atoms with E-state index >= 15 is 0 Å². The zero-order valence-corrected chi connectivity index (χ0v) is 13.2. The van der Waals surface area contributed by atoms with E-state index in [1.54, 1.807) is 17.5 Å². The number of hydrogen-bond donors (Lipinski definition) is 1. The van der Waals surface area contributed by atoms with Crippen molar-refractivity contribution in [1.82, 2.24) is 9.97 Å². The number of rotatable bonds is 2. The summed E-state index contributed by atoms with van der Waals surface area (Å²) < 4.78 is 0. The summed E-state index contributed by atoms with van der Waals surface area (Å²) in [6, 6.07) is 8.25. The molecular weight excluding hydrogens is 278 g/mol. The number of nitrogens with zero attached hydrogens (tertiary/aromatic N) is 2. The van der Waals surface area contributed by atoms with Crippen LogP contribution in [0, 0.1) is 20.8 Å². The third-order valence-corrected chi connectivity index (χ3v) is 4.57. The van der Waals surface area contributed by atoms with Gasteiger partial charge in [0.05, 0.1) is 11.3 Å². The summed E-state index contributed by atoms with van der Waals surface area (Å²) in [6.07, 6.45) is 1.70. The Morgan fingerprint density at radius 2 is 1.76 bits per heavy atom. The Kier molecular flexibility index (Phi) is 3.47. The lowest BCUT2D eigenvalue weighted by molar-refractivity contribution is 1.28. The summed E-state index contributed by atoms with van der Waals surface area (Å²) in [7, 11) is 0. The fourth-order valence-electron chi connectivity index (χ4n) is 2.36. The molecule has 4 heteroatoms. The minimum absolute atomic E-state index is 0.523. The molecule has 0 unspecified atom stereocenters. The highest BCUT2D eigenvalue weighted by Gasteiger charge is 2.12. The van der Waals surface area contributed by atoms with Crippen LogP contribution < -0.4 is 5.73 Å². The van der Waals surface area contributed by atoms with Crippen LogP contribution in [0.3, 0.4) is 0 Å². The Hall–Kier alpha value is -2.20. The number of aryl methyl sites for hydroxylation is 3. The van der Waals surface area contributed by atoms with Crippen molar-refractivity contribution in [3.05, 3.63) is 52.5 Å². The number of anilines is 1. The van der Waals surface area contributed by atoms with E-state index in [2.05, 4.69) is 43.3 Å². The molecule has 0 atom stereocenters. The predicted octanol–water partition coefficient (Wildman–Crippen LogP) is 4.38. The van der Waals surface area contributed by atoms with Gasteiger partial charge >= 0.3 is 0 Å². The largest absolute Gasteiger partial charge is 0.383 e. The van der Waals surface area contributed by atoms with E-state index in [1.807, 2.05) is 12.1 Å². The molecule has 21 heavy (non-hydrogen) atoms. The first-order valence-corrected chi connectivity index (χ1v) is 7.69. The van der Waals surface area contributed by atoms with Crippen molar-refractivity contribution in [3.8, 4) is 21.8 Å². The van der Waals surface area contributed by atoms with E-state index < -0.39 is 0 Å². The first-order chi connectivity index (χ1) is 10.1. The van der Waals surface area contributed by atoms with Gasteiger partial charge < -0.3 is 5.73 Å². The Balaban J connectivity index is 2.07. The van der Waals surface area contributed by atoms with Crippen molar-refractivity contribution in [2.24, 2.45) is 0 Å². The van der Waals surface area contributed by atoms with Gasteiger partial charge in [0.2, 0.25) is 0 Å². The maximum atomic E-state index is 5.93. The average Bonchev–Trinajstić information content (AvgIpc) is 2.92. The Morgan fingerprint density at radius 1 is 1.00 bits per heavy atom. The smallest absolute Gasteiger partial charge is 0.133 e. The zero-order valence-electron chi connectivity index (χ0n) is 12.3. The van der Waals surface area contributed by atoms with E-state index in [0.29, 0.717) is 5.82 Å². The van der Waals surface area contributed by atoms with Gasteiger partial charge in [-0.05, 0) is 55.7 Å². The molecule has 0 aliphatic heterocycles. The number of thiazole rings is 1. The number of nitrogen functional groups attached to an aromatic ring is 1. The molecule has 1 aromatic carbocycles. The summed E-state index contributed by atoms with van der Waals surface area (Å²) in [6.45, 7) is 6.39. The number of pyridine rings is 1. The van der Waals surface area contributed by atoms with E-state index in [-0.39, 0.29) is 0 Å². The van der Waals surface area contributed by atoms with Gasteiger partial charge in [-0.1, -0.05) is 6.07 Å². The Bertz CT molecular complexity index is 806. The SMILES string of the molecule is Cc1cc(C)c(-c2csc(-c3cccnc3N)n2)cc1C. The van der Waals surface area contributed by atoms with E-state index in [9.17, 15) is 0 Å². The van der Waals surface area contributed by atoms with Crippen LogP contribution in [0.5, 0.6) is 0 Å². The highest BCUT2D eigenvalue weighted by molar-refractivity contribution is 7.13. The molecule has 0 fully saturated rings. The fourth-order valence-corrected chi connectivity index (χ4v) is 3.21. The van der Waals surface area contributed by atoms with Crippen LogP contribution in [0.15, 0.2) is 35.8 Å². The first-order valence-electron chi connectivity index (χ1n) is 6.81. The second-order valence-electron chi connectivity index (χ2n) is 5.23. The predicted molar refractivity (Wildman–Crippen MR) is 89.4 cm³/mol. The number of nitrogens with two attached hydrogens (primary N) is 1. The molecule has 3 nitrogen and oxygen atoms in total. The molecule has 0 radical (unpaired) electrons. The topological polar surface area (TPSA) is 51.8 Å². The summed E-state index contributed by atoms with van der Waals surface area (Å²) in [5.74, 6) is 0.523. The number of benzene rings is 1. The molecule has 2 heterocycles. The lowest BCUT2D eigenvalue weighted by Crippen LogP contribution is -1.93. The molecule has 0 aliphatic rings. The van der Waals surface area contributed by atoms with E-state index in [4.69, 9.17) is 10.7 Å². The third-order valence-electron chi connectivity index (χ3n) is 3.69. The van der Waals surface area contributed by atoms with Gasteiger partial charge in [0.1, 0.15) is 10.8 Å². The van der Waals surface area contributed by atoms with Gasteiger partial charge in [-0.25, -0.2) is 9.97 Å². The number of hydrogen-bond acceptors (Lipinski definition) is 4. The standard InChI is InChI=1S/C17H17N3S/c1-10-7-12(3)14(8-11(10)2)15-9-21-17(20-15)13-5-4-6-19-16(13)18/h4-9H,1-3H3,(H2,18,19). The van der Waals surface area contributed by atoms with Crippen molar-refractivity contribution >= 4 is 17.2 Å². The molecule has 0 spiro atoms. The molecular formula is C17H17N3S. The van der Waals surface area contributed by atoms with E-state index in [0.717, 1.165) is 16.3 Å². The summed E-state index contributed by atoms with van der Waals surface area (Å²) in [5.41, 5.74) is 12.8. The average molecular weight is 295 g/mol. The summed E-state index contributed by atoms with van der Waals surface area (Å²) in [5, 5.41) is 2.99. The van der Waals surface area contributed by atoms with Gasteiger partial charge in [-0.15, -0.1) is 11.3 Å². The molecule has 2 aromatic heterocycles. The van der Waals surface area contributed by atoms with Crippen LogP contribution in [0.25, 0.3) is 21.8 Å². The van der Waals surface area contributed by atoms with Crippen LogP contribution in [0.1, 0.15) is 16.7 Å². The minimum atomic E-state index is 0.523. The van der Waals surface area contributed by atoms with Crippen LogP contribution in [-0.4, -0.2) is 9.97 Å². The molecule has 0 saturated carbocycles.